The SMILES string of the molecule is Nc1nc(Cl)cc(NCc2csc(-c3ccccc3)n2)n1. The largest absolute Gasteiger partial charge is 0.368 e. The summed E-state index contributed by atoms with van der Waals surface area (Å²) in [7, 11) is 0. The molecule has 2 heterocycles. The molecular formula is C14H12ClN5S. The van der Waals surface area contributed by atoms with E-state index in [9.17, 15) is 0 Å². The number of anilines is 2. The number of nitrogen functional groups attached to an aromatic ring is 1. The molecule has 7 heteroatoms. The van der Waals surface area contributed by atoms with Gasteiger partial charge in [0.2, 0.25) is 5.95 Å². The topological polar surface area (TPSA) is 76.7 Å². The highest BCUT2D eigenvalue weighted by atomic mass is 35.5. The minimum absolute atomic E-state index is 0.147. The van der Waals surface area contributed by atoms with Crippen LogP contribution in [0.15, 0.2) is 41.8 Å². The van der Waals surface area contributed by atoms with Gasteiger partial charge in [0.05, 0.1) is 12.2 Å². The van der Waals surface area contributed by atoms with Gasteiger partial charge in [0.1, 0.15) is 16.0 Å². The van der Waals surface area contributed by atoms with Crippen LogP contribution in [0.5, 0.6) is 0 Å². The second-order valence-corrected chi connectivity index (χ2v) is 5.54. The van der Waals surface area contributed by atoms with Crippen LogP contribution in [0.3, 0.4) is 0 Å². The lowest BCUT2D eigenvalue weighted by Gasteiger charge is -2.04. The molecule has 0 aliphatic carbocycles. The summed E-state index contributed by atoms with van der Waals surface area (Å²) < 4.78 is 0. The molecule has 0 unspecified atom stereocenters. The van der Waals surface area contributed by atoms with Crippen LogP contribution >= 0.6 is 22.9 Å². The van der Waals surface area contributed by atoms with Crippen LogP contribution in [0.4, 0.5) is 11.8 Å². The molecule has 0 aliphatic rings. The van der Waals surface area contributed by atoms with Gasteiger partial charge in [-0.25, -0.2) is 9.97 Å². The Morgan fingerprint density at radius 3 is 2.71 bits per heavy atom. The zero-order valence-electron chi connectivity index (χ0n) is 11.0. The average molecular weight is 318 g/mol. The van der Waals surface area contributed by atoms with Crippen LogP contribution in [0, 0.1) is 0 Å². The van der Waals surface area contributed by atoms with Gasteiger partial charge in [0.15, 0.2) is 0 Å². The lowest BCUT2D eigenvalue weighted by Crippen LogP contribution is -2.04. The van der Waals surface area contributed by atoms with Gasteiger partial charge in [-0.1, -0.05) is 41.9 Å². The first-order valence-corrected chi connectivity index (χ1v) is 7.50. The number of nitrogens with zero attached hydrogens (tertiary/aromatic N) is 3. The molecule has 0 bridgehead atoms. The molecule has 2 aromatic heterocycles. The Morgan fingerprint density at radius 2 is 1.95 bits per heavy atom. The third kappa shape index (κ3) is 3.48. The van der Waals surface area contributed by atoms with E-state index < -0.39 is 0 Å². The predicted molar refractivity (Wildman–Crippen MR) is 86.3 cm³/mol. The second kappa shape index (κ2) is 6.07. The van der Waals surface area contributed by atoms with Gasteiger partial charge in [-0.05, 0) is 0 Å². The summed E-state index contributed by atoms with van der Waals surface area (Å²) in [6, 6.07) is 11.7. The van der Waals surface area contributed by atoms with Gasteiger partial charge in [0, 0.05) is 17.0 Å². The molecule has 0 fully saturated rings. The molecular weight excluding hydrogens is 306 g/mol. The lowest BCUT2D eigenvalue weighted by atomic mass is 10.2. The van der Waals surface area contributed by atoms with E-state index in [0.717, 1.165) is 16.3 Å². The van der Waals surface area contributed by atoms with E-state index in [0.29, 0.717) is 17.5 Å². The maximum absolute atomic E-state index is 5.83. The van der Waals surface area contributed by atoms with Crippen LogP contribution in [0.25, 0.3) is 10.6 Å². The summed E-state index contributed by atoms with van der Waals surface area (Å²) in [5.41, 5.74) is 7.60. The molecule has 0 saturated heterocycles. The van der Waals surface area contributed by atoms with Crippen molar-refractivity contribution < 1.29 is 0 Å². The average Bonchev–Trinajstić information content (AvgIpc) is 2.94. The van der Waals surface area contributed by atoms with Gasteiger partial charge in [-0.15, -0.1) is 11.3 Å². The number of thiazole rings is 1. The van der Waals surface area contributed by atoms with E-state index in [-0.39, 0.29) is 5.95 Å². The monoisotopic (exact) mass is 317 g/mol. The number of nitrogens with two attached hydrogens (primary N) is 1. The highest BCUT2D eigenvalue weighted by Gasteiger charge is 2.05. The Kier molecular flexibility index (Phi) is 3.98. The van der Waals surface area contributed by atoms with Crippen molar-refractivity contribution in [3.05, 3.63) is 52.6 Å². The minimum atomic E-state index is 0.147. The standard InChI is InChI=1S/C14H12ClN5S/c15-11-6-12(20-14(16)19-11)17-7-10-8-21-13(18-10)9-4-2-1-3-5-9/h1-6,8H,7H2,(H3,16,17,19,20). The molecule has 0 amide bonds. The van der Waals surface area contributed by atoms with Gasteiger partial charge in [-0.2, -0.15) is 4.98 Å². The van der Waals surface area contributed by atoms with Crippen molar-refractivity contribution in [1.29, 1.82) is 0 Å². The third-order valence-corrected chi connectivity index (χ3v) is 3.87. The molecule has 5 nitrogen and oxygen atoms in total. The highest BCUT2D eigenvalue weighted by molar-refractivity contribution is 7.13. The van der Waals surface area contributed by atoms with Crippen molar-refractivity contribution in [1.82, 2.24) is 15.0 Å². The van der Waals surface area contributed by atoms with Crippen molar-refractivity contribution in [2.75, 3.05) is 11.1 Å². The fraction of sp³-hybridized carbons (Fsp3) is 0.0714. The van der Waals surface area contributed by atoms with E-state index in [4.69, 9.17) is 17.3 Å². The predicted octanol–water partition coefficient (Wildman–Crippen LogP) is 3.45. The molecule has 21 heavy (non-hydrogen) atoms. The molecule has 3 aromatic rings. The minimum Gasteiger partial charge on any atom is -0.368 e. The normalized spacial score (nSPS) is 10.5. The molecule has 0 atom stereocenters. The summed E-state index contributed by atoms with van der Waals surface area (Å²) in [5.74, 6) is 0.731. The number of benzene rings is 1. The molecule has 106 valence electrons. The van der Waals surface area contributed by atoms with E-state index in [2.05, 4.69) is 20.3 Å². The van der Waals surface area contributed by atoms with E-state index in [1.165, 1.54) is 0 Å². The fourth-order valence-electron chi connectivity index (χ4n) is 1.81. The first-order chi connectivity index (χ1) is 10.2. The van der Waals surface area contributed by atoms with E-state index in [1.807, 2.05) is 35.7 Å². The number of aromatic nitrogens is 3. The molecule has 0 radical (unpaired) electrons. The van der Waals surface area contributed by atoms with E-state index in [1.54, 1.807) is 17.4 Å². The van der Waals surface area contributed by atoms with Crippen LogP contribution in [-0.2, 0) is 6.54 Å². The summed E-state index contributed by atoms with van der Waals surface area (Å²) in [6.45, 7) is 0.552. The van der Waals surface area contributed by atoms with E-state index >= 15 is 0 Å². The zero-order chi connectivity index (χ0) is 14.7. The van der Waals surface area contributed by atoms with Crippen LogP contribution in [0.1, 0.15) is 5.69 Å². The Morgan fingerprint density at radius 1 is 1.14 bits per heavy atom. The first-order valence-electron chi connectivity index (χ1n) is 6.24. The molecule has 3 N–H and O–H groups in total. The van der Waals surface area contributed by atoms with Crippen molar-refractivity contribution in [3.63, 3.8) is 0 Å². The summed E-state index contributed by atoms with van der Waals surface area (Å²) >= 11 is 7.44. The lowest BCUT2D eigenvalue weighted by molar-refractivity contribution is 1.04. The molecule has 3 rings (SSSR count). The Hall–Kier alpha value is -2.18. The summed E-state index contributed by atoms with van der Waals surface area (Å²) in [6.07, 6.45) is 0. The van der Waals surface area contributed by atoms with Crippen molar-refractivity contribution in [2.24, 2.45) is 0 Å². The molecule has 0 spiro atoms. The van der Waals surface area contributed by atoms with Gasteiger partial charge < -0.3 is 11.1 Å². The highest BCUT2D eigenvalue weighted by Crippen LogP contribution is 2.23. The maximum atomic E-state index is 5.83. The van der Waals surface area contributed by atoms with Gasteiger partial charge >= 0.3 is 0 Å². The van der Waals surface area contributed by atoms with Gasteiger partial charge in [0.25, 0.3) is 0 Å². The number of hydrogen-bond acceptors (Lipinski definition) is 6. The Labute approximate surface area is 130 Å². The molecule has 0 saturated carbocycles. The van der Waals surface area contributed by atoms with Crippen molar-refractivity contribution >= 4 is 34.7 Å². The van der Waals surface area contributed by atoms with Crippen LogP contribution in [0.2, 0.25) is 5.15 Å². The molecule has 1 aromatic carbocycles. The second-order valence-electron chi connectivity index (χ2n) is 4.30. The maximum Gasteiger partial charge on any atom is 0.223 e. The zero-order valence-corrected chi connectivity index (χ0v) is 12.5. The van der Waals surface area contributed by atoms with Crippen molar-refractivity contribution in [3.8, 4) is 10.6 Å². The van der Waals surface area contributed by atoms with Crippen molar-refractivity contribution in [2.45, 2.75) is 6.54 Å². The smallest absolute Gasteiger partial charge is 0.223 e. The quantitative estimate of drug-likeness (QED) is 0.721. The first kappa shape index (κ1) is 13.8. The third-order valence-electron chi connectivity index (χ3n) is 2.74. The number of halogens is 1. The van der Waals surface area contributed by atoms with Gasteiger partial charge in [-0.3, -0.25) is 0 Å². The molecule has 0 aliphatic heterocycles. The van der Waals surface area contributed by atoms with Crippen LogP contribution in [-0.4, -0.2) is 15.0 Å². The Bertz CT molecular complexity index is 724. The van der Waals surface area contributed by atoms with Crippen LogP contribution < -0.4 is 11.1 Å². The summed E-state index contributed by atoms with van der Waals surface area (Å²) in [5, 5.41) is 6.46. The fourth-order valence-corrected chi connectivity index (χ4v) is 2.82. The number of hydrogen-bond donors (Lipinski definition) is 2. The number of nitrogens with one attached hydrogen (secondary N) is 1. The summed E-state index contributed by atoms with van der Waals surface area (Å²) in [4.78, 5) is 12.5. The Balaban J connectivity index is 1.70. The number of rotatable bonds is 4.